The molecule has 0 saturated heterocycles. The molecule has 1 aliphatic carbocycles. The molecule has 3 rings (SSSR count). The number of benzene rings is 1. The van der Waals surface area contributed by atoms with E-state index in [4.69, 9.17) is 0 Å². The van der Waals surface area contributed by atoms with Crippen molar-refractivity contribution in [1.82, 2.24) is 0 Å². The molecular weight excluding hydrogens is 194 g/mol. The van der Waals surface area contributed by atoms with E-state index in [0.717, 1.165) is 5.92 Å². The second-order valence-corrected chi connectivity index (χ2v) is 5.70. The number of nitrogens with one attached hydrogen (secondary N) is 1. The van der Waals surface area contributed by atoms with Crippen molar-refractivity contribution in [1.29, 1.82) is 0 Å². The minimum Gasteiger partial charge on any atom is -0.379 e. The summed E-state index contributed by atoms with van der Waals surface area (Å²) in [5.41, 5.74) is 4.78. The van der Waals surface area contributed by atoms with Crippen LogP contribution in [0.5, 0.6) is 0 Å². The summed E-state index contributed by atoms with van der Waals surface area (Å²) in [6.45, 7) is 4.65. The van der Waals surface area contributed by atoms with Gasteiger partial charge in [-0.1, -0.05) is 38.0 Å². The smallest absolute Gasteiger partial charge is 0.0406 e. The normalized spacial score (nSPS) is 26.5. The van der Waals surface area contributed by atoms with Crippen LogP contribution in [0.1, 0.15) is 43.7 Å². The van der Waals surface area contributed by atoms with Crippen LogP contribution in [0, 0.1) is 12.8 Å². The van der Waals surface area contributed by atoms with Gasteiger partial charge in [0.1, 0.15) is 0 Å². The average Bonchev–Trinajstić information content (AvgIpc) is 2.72. The van der Waals surface area contributed by atoms with Crippen molar-refractivity contribution in [2.45, 2.75) is 51.5 Å². The Bertz CT molecular complexity index is 402. The van der Waals surface area contributed by atoms with Gasteiger partial charge in [0, 0.05) is 11.2 Å². The van der Waals surface area contributed by atoms with Crippen molar-refractivity contribution in [3.05, 3.63) is 29.3 Å². The van der Waals surface area contributed by atoms with Gasteiger partial charge in [-0.15, -0.1) is 0 Å². The molecule has 1 aliphatic heterocycles. The third kappa shape index (κ3) is 1.37. The molecule has 1 fully saturated rings. The number of hydrogen-bond acceptors (Lipinski definition) is 1. The molecule has 1 aromatic carbocycles. The summed E-state index contributed by atoms with van der Waals surface area (Å²) in [4.78, 5) is 0. The van der Waals surface area contributed by atoms with Gasteiger partial charge in [-0.05, 0) is 43.2 Å². The molecule has 86 valence electrons. The Morgan fingerprint density at radius 2 is 2.00 bits per heavy atom. The third-order valence-corrected chi connectivity index (χ3v) is 4.70. The van der Waals surface area contributed by atoms with Crippen LogP contribution in [0.4, 0.5) is 5.69 Å². The van der Waals surface area contributed by atoms with E-state index in [0.29, 0.717) is 5.54 Å². The number of hydrogen-bond donors (Lipinski definition) is 1. The fraction of sp³-hybridized carbons (Fsp3) is 0.600. The van der Waals surface area contributed by atoms with E-state index in [2.05, 4.69) is 37.4 Å². The van der Waals surface area contributed by atoms with Crippen molar-refractivity contribution >= 4 is 5.69 Å². The summed E-state index contributed by atoms with van der Waals surface area (Å²) in [5.74, 6) is 0.782. The van der Waals surface area contributed by atoms with E-state index in [1.165, 1.54) is 48.9 Å². The van der Waals surface area contributed by atoms with Crippen molar-refractivity contribution in [2.24, 2.45) is 5.92 Å². The quantitative estimate of drug-likeness (QED) is 0.692. The fourth-order valence-electron chi connectivity index (χ4n) is 3.60. The summed E-state index contributed by atoms with van der Waals surface area (Å²) < 4.78 is 0. The summed E-state index contributed by atoms with van der Waals surface area (Å²) >= 11 is 0. The maximum Gasteiger partial charge on any atom is 0.0406 e. The lowest BCUT2D eigenvalue weighted by atomic mass is 9.75. The van der Waals surface area contributed by atoms with Crippen molar-refractivity contribution in [3.63, 3.8) is 0 Å². The third-order valence-electron chi connectivity index (χ3n) is 4.70. The molecule has 1 saturated carbocycles. The fourth-order valence-corrected chi connectivity index (χ4v) is 3.60. The Balaban J connectivity index is 2.03. The number of aryl methyl sites for hydroxylation is 1. The van der Waals surface area contributed by atoms with Crippen LogP contribution in [0.25, 0.3) is 0 Å². The van der Waals surface area contributed by atoms with Gasteiger partial charge >= 0.3 is 0 Å². The molecule has 1 N–H and O–H groups in total. The van der Waals surface area contributed by atoms with Crippen LogP contribution in [0.3, 0.4) is 0 Å². The van der Waals surface area contributed by atoms with E-state index in [-0.39, 0.29) is 0 Å². The summed E-state index contributed by atoms with van der Waals surface area (Å²) in [5, 5.41) is 3.89. The summed E-state index contributed by atoms with van der Waals surface area (Å²) in [6.07, 6.45) is 6.78. The molecule has 1 heteroatoms. The van der Waals surface area contributed by atoms with Gasteiger partial charge in [0.2, 0.25) is 0 Å². The minimum absolute atomic E-state index is 0.416. The monoisotopic (exact) mass is 215 g/mol. The van der Waals surface area contributed by atoms with Crippen LogP contribution in [0.15, 0.2) is 18.2 Å². The second-order valence-electron chi connectivity index (χ2n) is 5.70. The van der Waals surface area contributed by atoms with Gasteiger partial charge < -0.3 is 5.32 Å². The molecule has 1 spiro atoms. The Morgan fingerprint density at radius 1 is 1.25 bits per heavy atom. The van der Waals surface area contributed by atoms with Gasteiger partial charge in [0.25, 0.3) is 0 Å². The van der Waals surface area contributed by atoms with E-state index in [1.54, 1.807) is 0 Å². The highest BCUT2D eigenvalue weighted by Crippen LogP contribution is 2.45. The topological polar surface area (TPSA) is 12.0 Å². The van der Waals surface area contributed by atoms with E-state index in [1.807, 2.05) is 0 Å². The molecule has 0 aromatic heterocycles. The van der Waals surface area contributed by atoms with Crippen LogP contribution in [-0.2, 0) is 6.42 Å². The number of anilines is 1. The summed E-state index contributed by atoms with van der Waals surface area (Å²) in [7, 11) is 0. The number of fused-ring (bicyclic) bond motifs is 1. The molecule has 16 heavy (non-hydrogen) atoms. The van der Waals surface area contributed by atoms with E-state index in [9.17, 15) is 0 Å². The first kappa shape index (κ1) is 10.2. The van der Waals surface area contributed by atoms with Crippen LogP contribution in [-0.4, -0.2) is 5.54 Å². The molecule has 0 amide bonds. The molecule has 2 aliphatic rings. The van der Waals surface area contributed by atoms with Crippen molar-refractivity contribution < 1.29 is 0 Å². The van der Waals surface area contributed by atoms with Gasteiger partial charge in [0.05, 0.1) is 0 Å². The van der Waals surface area contributed by atoms with E-state index < -0.39 is 0 Å². The van der Waals surface area contributed by atoms with Crippen LogP contribution < -0.4 is 5.32 Å². The number of rotatable bonds is 0. The Labute approximate surface area is 98.3 Å². The van der Waals surface area contributed by atoms with Gasteiger partial charge in [-0.2, -0.15) is 0 Å². The van der Waals surface area contributed by atoms with Gasteiger partial charge in [-0.25, -0.2) is 0 Å². The predicted molar refractivity (Wildman–Crippen MR) is 68.9 cm³/mol. The largest absolute Gasteiger partial charge is 0.379 e. The highest BCUT2D eigenvalue weighted by molar-refractivity contribution is 5.61. The first-order chi connectivity index (χ1) is 7.71. The minimum atomic E-state index is 0.416. The maximum atomic E-state index is 3.89. The molecule has 0 bridgehead atoms. The lowest BCUT2D eigenvalue weighted by molar-refractivity contribution is 0.313. The molecule has 1 aromatic rings. The molecule has 0 radical (unpaired) electrons. The Kier molecular flexibility index (Phi) is 2.24. The molecular formula is C15H21N. The predicted octanol–water partition coefficient (Wildman–Crippen LogP) is 3.91. The van der Waals surface area contributed by atoms with Crippen molar-refractivity contribution in [2.75, 3.05) is 5.32 Å². The standard InChI is InChI=1S/C15H21N/c1-11-6-5-7-13-10-12(2)15(16-14(11)13)8-3-4-9-15/h5-7,12,16H,3-4,8-10H2,1-2H3/t12-/m0/s1. The average molecular weight is 215 g/mol. The van der Waals surface area contributed by atoms with E-state index >= 15 is 0 Å². The van der Waals surface area contributed by atoms with Crippen LogP contribution in [0.2, 0.25) is 0 Å². The zero-order valence-corrected chi connectivity index (χ0v) is 10.3. The SMILES string of the molecule is Cc1cccc2c1NC1(CCCC1)[C@@H](C)C2. The first-order valence-corrected chi connectivity index (χ1v) is 6.58. The zero-order valence-electron chi connectivity index (χ0n) is 10.3. The Morgan fingerprint density at radius 3 is 2.75 bits per heavy atom. The molecule has 1 atom stereocenters. The van der Waals surface area contributed by atoms with Gasteiger partial charge in [-0.3, -0.25) is 0 Å². The molecule has 1 nitrogen and oxygen atoms in total. The Hall–Kier alpha value is -0.980. The van der Waals surface area contributed by atoms with Crippen molar-refractivity contribution in [3.8, 4) is 0 Å². The lowest BCUT2D eigenvalue weighted by Crippen LogP contribution is -2.46. The maximum absolute atomic E-state index is 3.89. The summed E-state index contributed by atoms with van der Waals surface area (Å²) in [6, 6.07) is 6.70. The zero-order chi connectivity index (χ0) is 11.2. The molecule has 1 heterocycles. The molecule has 0 unspecified atom stereocenters. The first-order valence-electron chi connectivity index (χ1n) is 6.58. The highest BCUT2D eigenvalue weighted by atomic mass is 15.0. The lowest BCUT2D eigenvalue weighted by Gasteiger charge is -2.43. The highest BCUT2D eigenvalue weighted by Gasteiger charge is 2.42. The number of para-hydroxylation sites is 1. The van der Waals surface area contributed by atoms with Crippen LogP contribution >= 0.6 is 0 Å². The second kappa shape index (κ2) is 3.51. The van der Waals surface area contributed by atoms with Gasteiger partial charge in [0.15, 0.2) is 0 Å².